The average Bonchev–Trinajstić information content (AvgIpc) is 3.56. The van der Waals surface area contributed by atoms with E-state index in [2.05, 4.69) is 16.0 Å². The third-order valence-corrected chi connectivity index (χ3v) is 10.3. The molecule has 4 aliphatic heterocycles. The molecule has 274 valence electrons. The summed E-state index contributed by atoms with van der Waals surface area (Å²) in [6, 6.07) is 14.9. The van der Waals surface area contributed by atoms with Crippen LogP contribution in [0.4, 0.5) is 5.69 Å². The topological polar surface area (TPSA) is 234 Å². The number of carbonyl (C=O) groups excluding carboxylic acids is 3. The van der Waals surface area contributed by atoms with Gasteiger partial charge in [0.05, 0.1) is 25.4 Å². The number of nitrogens with one attached hydrogen (secondary N) is 3. The van der Waals surface area contributed by atoms with Gasteiger partial charge in [-0.3, -0.25) is 30.8 Å². The van der Waals surface area contributed by atoms with Gasteiger partial charge in [0, 0.05) is 40.5 Å². The molecule has 3 fully saturated rings. The van der Waals surface area contributed by atoms with Crippen molar-refractivity contribution in [2.24, 2.45) is 5.73 Å². The second-order valence-corrected chi connectivity index (χ2v) is 13.3. The van der Waals surface area contributed by atoms with E-state index in [1.807, 2.05) is 29.2 Å². The molecule has 0 spiro atoms. The van der Waals surface area contributed by atoms with Crippen molar-refractivity contribution in [1.29, 1.82) is 0 Å². The lowest BCUT2D eigenvalue weighted by Crippen LogP contribution is -2.70. The summed E-state index contributed by atoms with van der Waals surface area (Å²) in [5.74, 6) is -2.05. The highest BCUT2D eigenvalue weighted by Crippen LogP contribution is 2.49. The molecule has 0 saturated carbocycles. The molecule has 9 N–H and O–H groups in total. The number of para-hydroxylation sites is 1. The lowest BCUT2D eigenvalue weighted by Gasteiger charge is -2.40. The monoisotopic (exact) mass is 717 g/mol. The van der Waals surface area contributed by atoms with Crippen molar-refractivity contribution in [3.63, 3.8) is 0 Å². The summed E-state index contributed by atoms with van der Waals surface area (Å²) < 4.78 is 24.5. The van der Waals surface area contributed by atoms with Crippen LogP contribution in [-0.4, -0.2) is 120 Å². The molecule has 1 aliphatic carbocycles. The number of ketones is 2. The van der Waals surface area contributed by atoms with E-state index in [-0.39, 0.29) is 72.6 Å². The van der Waals surface area contributed by atoms with Crippen molar-refractivity contribution in [1.82, 2.24) is 16.0 Å². The molecular formula is C36H39N5O11. The first-order valence-corrected chi connectivity index (χ1v) is 17.2. The summed E-state index contributed by atoms with van der Waals surface area (Å²) in [6.45, 7) is -0.495. The summed E-state index contributed by atoms with van der Waals surface area (Å²) in [7, 11) is 0. The zero-order valence-corrected chi connectivity index (χ0v) is 27.8. The number of anilines is 1. The van der Waals surface area contributed by atoms with Gasteiger partial charge in [0.1, 0.15) is 49.5 Å². The van der Waals surface area contributed by atoms with Gasteiger partial charge in [-0.1, -0.05) is 42.5 Å². The van der Waals surface area contributed by atoms with Crippen molar-refractivity contribution in [3.8, 4) is 11.5 Å². The van der Waals surface area contributed by atoms with Crippen LogP contribution in [0.5, 0.6) is 11.5 Å². The van der Waals surface area contributed by atoms with Gasteiger partial charge in [0.15, 0.2) is 23.1 Å². The highest BCUT2D eigenvalue weighted by Gasteiger charge is 2.48. The van der Waals surface area contributed by atoms with E-state index in [4.69, 9.17) is 24.7 Å². The maximum absolute atomic E-state index is 14.2. The van der Waals surface area contributed by atoms with Gasteiger partial charge in [0.2, 0.25) is 12.2 Å². The van der Waals surface area contributed by atoms with Gasteiger partial charge in [-0.25, -0.2) is 0 Å². The molecule has 16 heteroatoms. The Morgan fingerprint density at radius 2 is 1.67 bits per heavy atom. The van der Waals surface area contributed by atoms with E-state index in [1.165, 1.54) is 0 Å². The molecule has 52 heavy (non-hydrogen) atoms. The Balaban J connectivity index is 1.35. The number of hydrogen-bond donors (Lipinski definition) is 8. The highest BCUT2D eigenvalue weighted by atomic mass is 16.7. The minimum absolute atomic E-state index is 0.0511. The van der Waals surface area contributed by atoms with Crippen LogP contribution in [0.15, 0.2) is 54.6 Å². The van der Waals surface area contributed by atoms with E-state index in [1.54, 1.807) is 30.3 Å². The van der Waals surface area contributed by atoms with E-state index in [0.29, 0.717) is 11.3 Å². The van der Waals surface area contributed by atoms with Crippen LogP contribution in [0.1, 0.15) is 55.3 Å². The summed E-state index contributed by atoms with van der Waals surface area (Å²) in [5, 5.41) is 51.7. The first-order chi connectivity index (χ1) is 25.2. The Labute approximate surface area is 297 Å². The molecule has 9 unspecified atom stereocenters. The molecule has 3 aromatic rings. The molecule has 3 saturated heterocycles. The number of nitrogens with zero attached hydrogens (tertiary/aromatic N) is 1. The predicted molar refractivity (Wildman–Crippen MR) is 181 cm³/mol. The summed E-state index contributed by atoms with van der Waals surface area (Å²) in [4.78, 5) is 43.3. The fourth-order valence-corrected chi connectivity index (χ4v) is 7.79. The number of fused-ring (bicyclic) bond motifs is 6. The maximum atomic E-state index is 14.2. The third-order valence-electron chi connectivity index (χ3n) is 10.3. The molecule has 8 rings (SSSR count). The van der Waals surface area contributed by atoms with Crippen LogP contribution in [-0.2, 0) is 14.3 Å². The average molecular weight is 718 g/mol. The maximum Gasteiger partial charge on any atom is 0.242 e. The zero-order valence-electron chi connectivity index (χ0n) is 27.8. The standard InChI is InChI=1S/C36H39N5O11/c37-36-39-33-25(34(48)40-36)38-15-41(33)22-8-4-3-5-17(22)16-9-11-49-14-23-28(45)29(46)30(47)35(51-23)52-31-20(16)13-21-24(32(31)50-12-10-42)27(44)19-7-2-1-6-18(19)26(21)43/h1-8,13,16,23,25,28-30,33,35-36,38-39,42,45-47H,9-12,14-15,37H2,(H,40,48). The number of hydrogen-bond acceptors (Lipinski definition) is 15. The first-order valence-electron chi connectivity index (χ1n) is 17.2. The van der Waals surface area contributed by atoms with Gasteiger partial charge in [-0.15, -0.1) is 0 Å². The largest absolute Gasteiger partial charge is 0.486 e. The number of benzene rings is 3. The summed E-state index contributed by atoms with van der Waals surface area (Å²) >= 11 is 0. The Morgan fingerprint density at radius 1 is 0.923 bits per heavy atom. The highest BCUT2D eigenvalue weighted by molar-refractivity contribution is 6.29. The van der Waals surface area contributed by atoms with Crippen molar-refractivity contribution in [2.45, 2.75) is 61.5 Å². The van der Waals surface area contributed by atoms with Gasteiger partial charge in [-0.2, -0.15) is 0 Å². The fraction of sp³-hybridized carbons (Fsp3) is 0.417. The van der Waals surface area contributed by atoms with Gasteiger partial charge < -0.3 is 49.6 Å². The van der Waals surface area contributed by atoms with Crippen LogP contribution in [0, 0.1) is 0 Å². The molecule has 4 heterocycles. The minimum Gasteiger partial charge on any atom is -0.486 e. The van der Waals surface area contributed by atoms with Gasteiger partial charge in [-0.05, 0) is 24.1 Å². The van der Waals surface area contributed by atoms with Crippen molar-refractivity contribution in [2.75, 3.05) is 38.0 Å². The molecule has 0 radical (unpaired) electrons. The Kier molecular flexibility index (Phi) is 9.19. The molecule has 16 nitrogen and oxygen atoms in total. The first kappa shape index (κ1) is 34.6. The Hall–Kier alpha value is -4.49. The lowest BCUT2D eigenvalue weighted by atomic mass is 9.79. The number of carbonyl (C=O) groups is 3. The zero-order chi connectivity index (χ0) is 36.3. The van der Waals surface area contributed by atoms with E-state index in [0.717, 1.165) is 5.56 Å². The second kappa shape index (κ2) is 13.8. The van der Waals surface area contributed by atoms with Crippen LogP contribution in [0.2, 0.25) is 0 Å². The van der Waals surface area contributed by atoms with E-state index in [9.17, 15) is 34.8 Å². The molecule has 9 atom stereocenters. The minimum atomic E-state index is -1.74. The predicted octanol–water partition coefficient (Wildman–Crippen LogP) is -1.40. The van der Waals surface area contributed by atoms with Crippen LogP contribution in [0.3, 0.4) is 0 Å². The second-order valence-electron chi connectivity index (χ2n) is 13.3. The lowest BCUT2D eigenvalue weighted by molar-refractivity contribution is -0.279. The van der Waals surface area contributed by atoms with Crippen molar-refractivity contribution in [3.05, 3.63) is 88.0 Å². The number of aliphatic hydroxyl groups excluding tert-OH is 4. The molecule has 3 aromatic carbocycles. The van der Waals surface area contributed by atoms with Crippen LogP contribution >= 0.6 is 0 Å². The number of amides is 1. The molecular weight excluding hydrogens is 678 g/mol. The number of ether oxygens (including phenoxy) is 4. The molecule has 1 amide bonds. The smallest absolute Gasteiger partial charge is 0.242 e. The molecule has 5 aliphatic rings. The van der Waals surface area contributed by atoms with Gasteiger partial charge >= 0.3 is 0 Å². The quantitative estimate of drug-likeness (QED) is 0.119. The molecule has 0 aromatic heterocycles. The number of rotatable bonds is 5. The normalized spacial score (nSPS) is 31.3. The van der Waals surface area contributed by atoms with Crippen LogP contribution in [0.25, 0.3) is 0 Å². The summed E-state index contributed by atoms with van der Waals surface area (Å²) in [6.07, 6.45) is -8.63. The Bertz CT molecular complexity index is 1910. The van der Waals surface area contributed by atoms with E-state index < -0.39 is 73.3 Å². The Morgan fingerprint density at radius 3 is 2.46 bits per heavy atom. The summed E-state index contributed by atoms with van der Waals surface area (Å²) in [5.41, 5.74) is 8.26. The van der Waals surface area contributed by atoms with Crippen LogP contribution < -0.4 is 36.1 Å². The van der Waals surface area contributed by atoms with E-state index >= 15 is 0 Å². The number of nitrogens with two attached hydrogens (primary N) is 1. The van der Waals surface area contributed by atoms with Gasteiger partial charge in [0.25, 0.3) is 0 Å². The third kappa shape index (κ3) is 5.72. The molecule has 2 bridgehead atoms. The fourth-order valence-electron chi connectivity index (χ4n) is 7.79. The van der Waals surface area contributed by atoms with Crippen molar-refractivity contribution < 1.29 is 53.8 Å². The SMILES string of the molecule is NC1NC(=O)C2NCN(c3ccccc3C3CCOCC4OC(Oc5c3cc3c(c5OCCO)C(=O)c5ccccc5C3=O)C(O)C(O)C4O)C2N1. The van der Waals surface area contributed by atoms with Crippen molar-refractivity contribution >= 4 is 23.2 Å². The number of aliphatic hydroxyl groups is 4.